The Bertz CT molecular complexity index is 598. The molecule has 1 N–H and O–H groups in total. The van der Waals surface area contributed by atoms with Crippen molar-refractivity contribution in [2.75, 3.05) is 31.2 Å². The Hall–Kier alpha value is -1.44. The Labute approximate surface area is 131 Å². The smallest absolute Gasteiger partial charge is 0.240 e. The van der Waals surface area contributed by atoms with E-state index in [1.165, 1.54) is 12.1 Å². The van der Waals surface area contributed by atoms with E-state index in [0.29, 0.717) is 39.1 Å². The van der Waals surface area contributed by atoms with E-state index in [-0.39, 0.29) is 10.8 Å². The number of carbonyl (C=O) groups is 1. The number of hydrogen-bond acceptors (Lipinski definition) is 4. The van der Waals surface area contributed by atoms with Gasteiger partial charge in [0, 0.05) is 38.4 Å². The number of anilines is 1. The summed E-state index contributed by atoms with van der Waals surface area (Å²) in [6.45, 7) is 4.10. The Morgan fingerprint density at radius 1 is 1.27 bits per heavy atom. The highest BCUT2D eigenvalue weighted by Gasteiger charge is 2.22. The molecule has 1 heterocycles. The lowest BCUT2D eigenvalue weighted by Gasteiger charge is -2.16. The van der Waals surface area contributed by atoms with E-state index in [9.17, 15) is 13.2 Å². The second-order valence-electron chi connectivity index (χ2n) is 5.09. The third-order valence-electron chi connectivity index (χ3n) is 3.49. The van der Waals surface area contributed by atoms with Gasteiger partial charge in [0.25, 0.3) is 0 Å². The predicted octanol–water partition coefficient (Wildman–Crippen LogP) is 1.52. The van der Waals surface area contributed by atoms with Gasteiger partial charge >= 0.3 is 0 Å². The number of ether oxygens (including phenoxy) is 1. The molecule has 1 fully saturated rings. The van der Waals surface area contributed by atoms with Crippen LogP contribution >= 0.6 is 0 Å². The topological polar surface area (TPSA) is 75.7 Å². The quantitative estimate of drug-likeness (QED) is 0.735. The Morgan fingerprint density at radius 2 is 2.00 bits per heavy atom. The number of rotatable bonds is 8. The number of benzene rings is 1. The SMILES string of the molecule is CCOCCCNS(=O)(=O)c1ccc(N2CCCC2=O)cc1. The van der Waals surface area contributed by atoms with Crippen molar-refractivity contribution in [2.45, 2.75) is 31.1 Å². The molecular weight excluding hydrogens is 304 g/mol. The second kappa shape index (κ2) is 7.71. The Kier molecular flexibility index (Phi) is 5.93. The number of amides is 1. The molecule has 1 aromatic carbocycles. The average Bonchev–Trinajstić information content (AvgIpc) is 2.93. The van der Waals surface area contributed by atoms with Crippen molar-refractivity contribution in [1.29, 1.82) is 0 Å². The summed E-state index contributed by atoms with van der Waals surface area (Å²) in [5, 5.41) is 0. The molecule has 0 atom stereocenters. The van der Waals surface area contributed by atoms with Gasteiger partial charge in [0.15, 0.2) is 0 Å². The van der Waals surface area contributed by atoms with Gasteiger partial charge in [-0.1, -0.05) is 0 Å². The molecule has 1 saturated heterocycles. The van der Waals surface area contributed by atoms with Crippen molar-refractivity contribution in [1.82, 2.24) is 4.72 Å². The molecule has 0 bridgehead atoms. The molecule has 0 aliphatic carbocycles. The largest absolute Gasteiger partial charge is 0.382 e. The molecule has 0 radical (unpaired) electrons. The van der Waals surface area contributed by atoms with Crippen LogP contribution in [-0.2, 0) is 19.6 Å². The molecule has 22 heavy (non-hydrogen) atoms. The molecule has 0 spiro atoms. The lowest BCUT2D eigenvalue weighted by atomic mass is 10.3. The highest BCUT2D eigenvalue weighted by atomic mass is 32.2. The zero-order chi connectivity index (χ0) is 16.0. The maximum absolute atomic E-state index is 12.1. The van der Waals surface area contributed by atoms with E-state index in [1.54, 1.807) is 17.0 Å². The van der Waals surface area contributed by atoms with Gasteiger partial charge in [-0.2, -0.15) is 0 Å². The predicted molar refractivity (Wildman–Crippen MR) is 84.3 cm³/mol. The highest BCUT2D eigenvalue weighted by Crippen LogP contribution is 2.22. The van der Waals surface area contributed by atoms with E-state index in [4.69, 9.17) is 4.74 Å². The second-order valence-corrected chi connectivity index (χ2v) is 6.86. The third-order valence-corrected chi connectivity index (χ3v) is 4.97. The fourth-order valence-electron chi connectivity index (χ4n) is 2.33. The first-order valence-corrected chi connectivity index (χ1v) is 9.01. The first-order chi connectivity index (χ1) is 10.5. The first kappa shape index (κ1) is 16.9. The maximum atomic E-state index is 12.1. The molecule has 1 amide bonds. The standard InChI is InChI=1S/C15H22N2O4S/c1-2-21-12-4-10-16-22(19,20)14-8-6-13(7-9-14)17-11-3-5-15(17)18/h6-9,16H,2-5,10-12H2,1H3. The van der Waals surface area contributed by atoms with Crippen LogP contribution in [0.5, 0.6) is 0 Å². The van der Waals surface area contributed by atoms with Gasteiger partial charge in [-0.25, -0.2) is 13.1 Å². The van der Waals surface area contributed by atoms with Gasteiger partial charge in [-0.15, -0.1) is 0 Å². The summed E-state index contributed by atoms with van der Waals surface area (Å²) in [6, 6.07) is 6.42. The van der Waals surface area contributed by atoms with Crippen molar-refractivity contribution < 1.29 is 17.9 Å². The number of nitrogens with zero attached hydrogens (tertiary/aromatic N) is 1. The molecule has 2 rings (SSSR count). The van der Waals surface area contributed by atoms with Crippen LogP contribution in [0.3, 0.4) is 0 Å². The summed E-state index contributed by atoms with van der Waals surface area (Å²) in [6.07, 6.45) is 2.04. The van der Waals surface area contributed by atoms with Crippen LogP contribution in [0.4, 0.5) is 5.69 Å². The van der Waals surface area contributed by atoms with E-state index >= 15 is 0 Å². The zero-order valence-corrected chi connectivity index (χ0v) is 13.6. The minimum atomic E-state index is -3.51. The van der Waals surface area contributed by atoms with E-state index in [2.05, 4.69) is 4.72 Å². The van der Waals surface area contributed by atoms with E-state index < -0.39 is 10.0 Å². The fraction of sp³-hybridized carbons (Fsp3) is 0.533. The van der Waals surface area contributed by atoms with Crippen LogP contribution in [0.2, 0.25) is 0 Å². The zero-order valence-electron chi connectivity index (χ0n) is 12.7. The van der Waals surface area contributed by atoms with Gasteiger partial charge in [-0.05, 0) is 44.0 Å². The van der Waals surface area contributed by atoms with Crippen molar-refractivity contribution in [2.24, 2.45) is 0 Å². The molecule has 0 saturated carbocycles. The van der Waals surface area contributed by atoms with Gasteiger partial charge in [0.05, 0.1) is 4.90 Å². The maximum Gasteiger partial charge on any atom is 0.240 e. The summed E-state index contributed by atoms with van der Waals surface area (Å²) >= 11 is 0. The number of carbonyl (C=O) groups excluding carboxylic acids is 1. The molecule has 0 aromatic heterocycles. The van der Waals surface area contributed by atoms with Crippen LogP contribution in [0.15, 0.2) is 29.2 Å². The monoisotopic (exact) mass is 326 g/mol. The summed E-state index contributed by atoms with van der Waals surface area (Å²) in [5.41, 5.74) is 0.748. The van der Waals surface area contributed by atoms with Crippen LogP contribution in [-0.4, -0.2) is 40.6 Å². The Balaban J connectivity index is 1.95. The number of nitrogens with one attached hydrogen (secondary N) is 1. The van der Waals surface area contributed by atoms with Gasteiger partial charge in [0.1, 0.15) is 0 Å². The van der Waals surface area contributed by atoms with Crippen LogP contribution in [0.1, 0.15) is 26.2 Å². The third kappa shape index (κ3) is 4.28. The first-order valence-electron chi connectivity index (χ1n) is 7.52. The Morgan fingerprint density at radius 3 is 2.59 bits per heavy atom. The van der Waals surface area contributed by atoms with Crippen LogP contribution in [0.25, 0.3) is 0 Å². The summed E-state index contributed by atoms with van der Waals surface area (Å²) in [5.74, 6) is 0.0876. The minimum Gasteiger partial charge on any atom is -0.382 e. The molecule has 1 aromatic rings. The average molecular weight is 326 g/mol. The van der Waals surface area contributed by atoms with Crippen LogP contribution in [0, 0.1) is 0 Å². The van der Waals surface area contributed by atoms with E-state index in [0.717, 1.165) is 12.1 Å². The molecular formula is C15H22N2O4S. The summed E-state index contributed by atoms with van der Waals surface area (Å²) in [4.78, 5) is 13.6. The minimum absolute atomic E-state index is 0.0876. The van der Waals surface area contributed by atoms with Gasteiger partial charge in [-0.3, -0.25) is 4.79 Å². The molecule has 122 valence electrons. The van der Waals surface area contributed by atoms with Crippen molar-refractivity contribution in [3.05, 3.63) is 24.3 Å². The highest BCUT2D eigenvalue weighted by molar-refractivity contribution is 7.89. The molecule has 1 aliphatic heterocycles. The van der Waals surface area contributed by atoms with Crippen molar-refractivity contribution in [3.63, 3.8) is 0 Å². The van der Waals surface area contributed by atoms with Gasteiger partial charge in [0.2, 0.25) is 15.9 Å². The lowest BCUT2D eigenvalue weighted by Crippen LogP contribution is -2.26. The van der Waals surface area contributed by atoms with Crippen molar-refractivity contribution >= 4 is 21.6 Å². The summed E-state index contributed by atoms with van der Waals surface area (Å²) in [7, 11) is -3.51. The van der Waals surface area contributed by atoms with Crippen molar-refractivity contribution in [3.8, 4) is 0 Å². The lowest BCUT2D eigenvalue weighted by molar-refractivity contribution is -0.117. The summed E-state index contributed by atoms with van der Waals surface area (Å²) < 4.78 is 32.0. The van der Waals surface area contributed by atoms with E-state index in [1.807, 2.05) is 6.92 Å². The molecule has 6 nitrogen and oxygen atoms in total. The number of sulfonamides is 1. The van der Waals surface area contributed by atoms with Gasteiger partial charge < -0.3 is 9.64 Å². The molecule has 0 unspecified atom stereocenters. The molecule has 1 aliphatic rings. The normalized spacial score (nSPS) is 15.5. The number of hydrogen-bond donors (Lipinski definition) is 1. The molecule has 7 heteroatoms. The van der Waals surface area contributed by atoms with Crippen LogP contribution < -0.4 is 9.62 Å². The fourth-order valence-corrected chi connectivity index (χ4v) is 3.41.